The second kappa shape index (κ2) is 4.88. The molecule has 1 N–H and O–H groups in total. The van der Waals surface area contributed by atoms with E-state index in [1.807, 2.05) is 36.1 Å². The lowest BCUT2D eigenvalue weighted by Gasteiger charge is -2.20. The summed E-state index contributed by atoms with van der Waals surface area (Å²) in [5.41, 5.74) is 5.26. The van der Waals surface area contributed by atoms with E-state index in [-0.39, 0.29) is 5.91 Å². The van der Waals surface area contributed by atoms with E-state index in [1.165, 1.54) is 4.90 Å². The number of carbonyl (C=O) groups excluding carboxylic acids is 1. The van der Waals surface area contributed by atoms with Crippen LogP contribution in [0.4, 0.5) is 11.4 Å². The summed E-state index contributed by atoms with van der Waals surface area (Å²) in [6, 6.07) is 5.66. The van der Waals surface area contributed by atoms with Crippen molar-refractivity contribution in [1.29, 1.82) is 0 Å². The number of hydrogen-bond acceptors (Lipinski definition) is 5. The molecule has 1 aliphatic heterocycles. The van der Waals surface area contributed by atoms with Crippen molar-refractivity contribution in [1.82, 2.24) is 4.98 Å². The Hall–Kier alpha value is -1.92. The first kappa shape index (κ1) is 13.1. The minimum absolute atomic E-state index is 0.278. The van der Waals surface area contributed by atoms with E-state index in [2.05, 4.69) is 9.88 Å². The molecule has 1 unspecified atom stereocenters. The molecule has 0 fully saturated rings. The van der Waals surface area contributed by atoms with Gasteiger partial charge in [0, 0.05) is 30.7 Å². The van der Waals surface area contributed by atoms with Crippen LogP contribution in [0, 0.1) is 0 Å². The Labute approximate surface area is 121 Å². The predicted octanol–water partition coefficient (Wildman–Crippen LogP) is 1.79. The van der Waals surface area contributed by atoms with E-state index in [9.17, 15) is 9.90 Å². The van der Waals surface area contributed by atoms with Crippen molar-refractivity contribution in [3.05, 3.63) is 40.3 Å². The maximum Gasteiger partial charge on any atom is 0.260 e. The number of anilines is 2. The van der Waals surface area contributed by atoms with Gasteiger partial charge in [0.05, 0.1) is 23.4 Å². The van der Waals surface area contributed by atoms with Crippen molar-refractivity contribution in [3.8, 4) is 0 Å². The number of fused-ring (bicyclic) bond motifs is 1. The zero-order valence-corrected chi connectivity index (χ0v) is 12.1. The number of nitrogens with zero attached hydrogens (tertiary/aromatic N) is 3. The number of thiazole rings is 1. The molecule has 0 spiro atoms. The largest absolute Gasteiger partial charge is 0.378 e. The summed E-state index contributed by atoms with van der Waals surface area (Å²) in [5.74, 6) is -0.278. The summed E-state index contributed by atoms with van der Waals surface area (Å²) in [6.45, 7) is 0.711. The van der Waals surface area contributed by atoms with Crippen LogP contribution in [0.2, 0.25) is 0 Å². The van der Waals surface area contributed by atoms with E-state index >= 15 is 0 Å². The second-order valence-corrected chi connectivity index (χ2v) is 5.60. The molecule has 2 aromatic rings. The van der Waals surface area contributed by atoms with E-state index < -0.39 is 6.10 Å². The first-order valence-electron chi connectivity index (χ1n) is 6.25. The molecule has 0 saturated heterocycles. The number of aliphatic hydroxyl groups excluding tert-OH is 1. The molecule has 104 valence electrons. The maximum absolute atomic E-state index is 11.8. The van der Waals surface area contributed by atoms with Crippen molar-refractivity contribution in [2.24, 2.45) is 0 Å². The molecule has 5 nitrogen and oxygen atoms in total. The van der Waals surface area contributed by atoms with Crippen LogP contribution in [0.25, 0.3) is 0 Å². The van der Waals surface area contributed by atoms with Crippen LogP contribution in [0.5, 0.6) is 0 Å². The standard InChI is InChI=1S/C14H15N3O2S/c1-16(6-9-7-20-8-15-9)10-3-4-11-12(5-10)17(2)14(19)13(11)18/h3-5,7-8,13,18H,6H2,1-2H3. The van der Waals surface area contributed by atoms with Gasteiger partial charge in [-0.05, 0) is 12.1 Å². The maximum atomic E-state index is 11.8. The Kier molecular flexibility index (Phi) is 3.19. The van der Waals surface area contributed by atoms with Gasteiger partial charge >= 0.3 is 0 Å². The number of likely N-dealkylation sites (N-methyl/N-ethyl adjacent to an activating group) is 1. The number of benzene rings is 1. The highest BCUT2D eigenvalue weighted by Gasteiger charge is 2.33. The quantitative estimate of drug-likeness (QED) is 0.936. The third kappa shape index (κ3) is 2.07. The molecule has 3 rings (SSSR count). The molecule has 1 amide bonds. The van der Waals surface area contributed by atoms with E-state index in [4.69, 9.17) is 0 Å². The molecule has 0 bridgehead atoms. The fraction of sp³-hybridized carbons (Fsp3) is 0.286. The van der Waals surface area contributed by atoms with E-state index in [0.717, 1.165) is 17.1 Å². The molecule has 0 radical (unpaired) electrons. The summed E-state index contributed by atoms with van der Waals surface area (Å²) < 4.78 is 0. The zero-order valence-electron chi connectivity index (χ0n) is 11.3. The van der Waals surface area contributed by atoms with Gasteiger partial charge in [0.1, 0.15) is 0 Å². The monoisotopic (exact) mass is 289 g/mol. The van der Waals surface area contributed by atoms with Gasteiger partial charge in [0.15, 0.2) is 6.10 Å². The van der Waals surface area contributed by atoms with Crippen LogP contribution in [-0.4, -0.2) is 30.1 Å². The van der Waals surface area contributed by atoms with Gasteiger partial charge in [0.25, 0.3) is 5.91 Å². The third-order valence-corrected chi connectivity index (χ3v) is 4.19. The Morgan fingerprint density at radius 2 is 2.30 bits per heavy atom. The zero-order chi connectivity index (χ0) is 14.3. The molecule has 0 saturated carbocycles. The van der Waals surface area contributed by atoms with E-state index in [0.29, 0.717) is 12.1 Å². The molecule has 1 aromatic heterocycles. The summed E-state index contributed by atoms with van der Waals surface area (Å²) in [4.78, 5) is 19.6. The summed E-state index contributed by atoms with van der Waals surface area (Å²) >= 11 is 1.57. The Bertz CT molecular complexity index is 642. The van der Waals surface area contributed by atoms with Crippen LogP contribution in [-0.2, 0) is 11.3 Å². The number of amides is 1. The molecule has 6 heteroatoms. The smallest absolute Gasteiger partial charge is 0.260 e. The Morgan fingerprint density at radius 3 is 3.00 bits per heavy atom. The number of hydrogen-bond donors (Lipinski definition) is 1. The minimum Gasteiger partial charge on any atom is -0.378 e. The van der Waals surface area contributed by atoms with Gasteiger partial charge in [-0.1, -0.05) is 6.07 Å². The fourth-order valence-electron chi connectivity index (χ4n) is 2.38. The van der Waals surface area contributed by atoms with Gasteiger partial charge in [-0.3, -0.25) is 4.79 Å². The van der Waals surface area contributed by atoms with Crippen LogP contribution >= 0.6 is 11.3 Å². The van der Waals surface area contributed by atoms with Crippen LogP contribution < -0.4 is 9.80 Å². The average molecular weight is 289 g/mol. The van der Waals surface area contributed by atoms with Crippen molar-refractivity contribution in [2.75, 3.05) is 23.9 Å². The molecular weight excluding hydrogens is 274 g/mol. The van der Waals surface area contributed by atoms with Gasteiger partial charge in [0.2, 0.25) is 0 Å². The molecule has 1 atom stereocenters. The summed E-state index contributed by atoms with van der Waals surface area (Å²) in [7, 11) is 3.66. The number of carbonyl (C=O) groups is 1. The number of aromatic nitrogens is 1. The minimum atomic E-state index is -1.03. The SMILES string of the molecule is CN(Cc1cscn1)c1ccc2c(c1)N(C)C(=O)C2O. The molecular formula is C14H15N3O2S. The van der Waals surface area contributed by atoms with Crippen molar-refractivity contribution in [3.63, 3.8) is 0 Å². The second-order valence-electron chi connectivity index (χ2n) is 4.88. The molecule has 20 heavy (non-hydrogen) atoms. The highest BCUT2D eigenvalue weighted by Crippen LogP contribution is 2.37. The lowest BCUT2D eigenvalue weighted by atomic mass is 10.1. The lowest BCUT2D eigenvalue weighted by molar-refractivity contribution is -0.125. The first-order valence-corrected chi connectivity index (χ1v) is 7.20. The van der Waals surface area contributed by atoms with E-state index in [1.54, 1.807) is 18.4 Å². The van der Waals surface area contributed by atoms with Gasteiger partial charge in [-0.2, -0.15) is 0 Å². The summed E-state index contributed by atoms with van der Waals surface area (Å²) in [5, 5.41) is 11.9. The summed E-state index contributed by atoms with van der Waals surface area (Å²) in [6.07, 6.45) is -1.03. The average Bonchev–Trinajstić information content (AvgIpc) is 3.03. The number of rotatable bonds is 3. The third-order valence-electron chi connectivity index (χ3n) is 3.56. The van der Waals surface area contributed by atoms with Crippen molar-refractivity contribution < 1.29 is 9.90 Å². The van der Waals surface area contributed by atoms with Crippen LogP contribution in [0.3, 0.4) is 0 Å². The lowest BCUT2D eigenvalue weighted by Crippen LogP contribution is -2.23. The topological polar surface area (TPSA) is 56.7 Å². The Morgan fingerprint density at radius 1 is 1.50 bits per heavy atom. The Balaban J connectivity index is 1.88. The molecule has 0 aliphatic carbocycles. The molecule has 1 aliphatic rings. The first-order chi connectivity index (χ1) is 9.58. The highest BCUT2D eigenvalue weighted by atomic mass is 32.1. The molecule has 2 heterocycles. The van der Waals surface area contributed by atoms with Crippen molar-refractivity contribution >= 4 is 28.6 Å². The van der Waals surface area contributed by atoms with Gasteiger partial charge in [-0.15, -0.1) is 11.3 Å². The predicted molar refractivity (Wildman–Crippen MR) is 79.0 cm³/mol. The van der Waals surface area contributed by atoms with Crippen LogP contribution in [0.15, 0.2) is 29.1 Å². The highest BCUT2D eigenvalue weighted by molar-refractivity contribution is 7.07. The fourth-order valence-corrected chi connectivity index (χ4v) is 2.93. The number of aliphatic hydroxyl groups is 1. The van der Waals surface area contributed by atoms with Gasteiger partial charge < -0.3 is 14.9 Å². The van der Waals surface area contributed by atoms with Gasteiger partial charge in [-0.25, -0.2) is 4.98 Å². The molecule has 1 aromatic carbocycles. The normalized spacial score (nSPS) is 17.4. The van der Waals surface area contributed by atoms with Crippen LogP contribution in [0.1, 0.15) is 17.4 Å². The van der Waals surface area contributed by atoms with Crippen molar-refractivity contribution in [2.45, 2.75) is 12.6 Å².